The Bertz CT molecular complexity index is 57.3. The van der Waals surface area contributed by atoms with Gasteiger partial charge in [0.25, 0.3) is 0 Å². The van der Waals surface area contributed by atoms with Crippen LogP contribution in [0.2, 0.25) is 0 Å². The first-order chi connectivity index (χ1) is 6.00. The maximum atomic E-state index is 3.40. The van der Waals surface area contributed by atoms with E-state index in [4.69, 9.17) is 0 Å². The van der Waals surface area contributed by atoms with E-state index < -0.39 is 0 Å². The third-order valence-corrected chi connectivity index (χ3v) is 2.79. The Morgan fingerprint density at radius 2 is 1.00 bits per heavy atom. The third kappa shape index (κ3) is 5.83. The molecule has 4 heteroatoms. The average molecular weight is 189 g/mol. The summed E-state index contributed by atoms with van der Waals surface area (Å²) in [5.74, 6) is 2.48. The molecule has 0 aromatic heterocycles. The van der Waals surface area contributed by atoms with Gasteiger partial charge in [-0.2, -0.15) is 11.8 Å². The van der Waals surface area contributed by atoms with Gasteiger partial charge in [0.2, 0.25) is 0 Å². The molecule has 0 aliphatic carbocycles. The van der Waals surface area contributed by atoms with Gasteiger partial charge in [0.05, 0.1) is 0 Å². The molecule has 0 aromatic rings. The van der Waals surface area contributed by atoms with Gasteiger partial charge in [-0.1, -0.05) is 0 Å². The van der Waals surface area contributed by atoms with E-state index >= 15 is 0 Å². The molecule has 0 atom stereocenters. The van der Waals surface area contributed by atoms with Crippen molar-refractivity contribution in [3.63, 3.8) is 0 Å². The van der Waals surface area contributed by atoms with Crippen molar-refractivity contribution in [2.75, 3.05) is 50.8 Å². The Balaban J connectivity index is 2.00. The van der Waals surface area contributed by atoms with Gasteiger partial charge in [-0.3, -0.25) is 0 Å². The standard InChI is InChI=1S/C8H19N3S/c1-3-10-5-7-12-8-6-11-4-2-9-1/h9-11H,1-8H2. The predicted molar refractivity (Wildman–Crippen MR) is 55.9 cm³/mol. The van der Waals surface area contributed by atoms with E-state index in [-0.39, 0.29) is 0 Å². The second-order valence-corrected chi connectivity index (χ2v) is 4.09. The minimum absolute atomic E-state index is 1.09. The van der Waals surface area contributed by atoms with Crippen LogP contribution in [0.5, 0.6) is 0 Å². The molecule has 0 bridgehead atoms. The average Bonchev–Trinajstić information content (AvgIpc) is 2.05. The Morgan fingerprint density at radius 3 is 1.50 bits per heavy atom. The van der Waals surface area contributed by atoms with Gasteiger partial charge in [-0.25, -0.2) is 0 Å². The lowest BCUT2D eigenvalue weighted by Crippen LogP contribution is -2.34. The van der Waals surface area contributed by atoms with E-state index in [9.17, 15) is 0 Å². The van der Waals surface area contributed by atoms with Crippen LogP contribution in [0.4, 0.5) is 0 Å². The molecule has 0 unspecified atom stereocenters. The molecule has 72 valence electrons. The summed E-state index contributed by atoms with van der Waals surface area (Å²) in [6.45, 7) is 6.67. The summed E-state index contributed by atoms with van der Waals surface area (Å²) in [5, 5.41) is 10.2. The van der Waals surface area contributed by atoms with Gasteiger partial charge < -0.3 is 16.0 Å². The van der Waals surface area contributed by atoms with Crippen LogP contribution in [-0.4, -0.2) is 50.8 Å². The molecule has 0 saturated carbocycles. The van der Waals surface area contributed by atoms with E-state index in [0.717, 1.165) is 39.3 Å². The van der Waals surface area contributed by atoms with Crippen molar-refractivity contribution in [3.05, 3.63) is 0 Å². The number of hydrogen-bond acceptors (Lipinski definition) is 4. The summed E-state index contributed by atoms with van der Waals surface area (Å²) < 4.78 is 0. The van der Waals surface area contributed by atoms with E-state index in [1.54, 1.807) is 0 Å². The molecule has 12 heavy (non-hydrogen) atoms. The summed E-state index contributed by atoms with van der Waals surface area (Å²) in [6, 6.07) is 0. The predicted octanol–water partition coefficient (Wildman–Crippen LogP) is -0.498. The van der Waals surface area contributed by atoms with E-state index in [2.05, 4.69) is 16.0 Å². The molecule has 0 spiro atoms. The van der Waals surface area contributed by atoms with Gasteiger partial charge in [-0.05, 0) is 0 Å². The molecular formula is C8H19N3S. The molecular weight excluding hydrogens is 170 g/mol. The summed E-state index contributed by atoms with van der Waals surface area (Å²) in [7, 11) is 0. The molecule has 1 fully saturated rings. The van der Waals surface area contributed by atoms with Crippen molar-refractivity contribution >= 4 is 11.8 Å². The number of hydrogen-bond donors (Lipinski definition) is 3. The fourth-order valence-corrected chi connectivity index (χ4v) is 1.90. The lowest BCUT2D eigenvalue weighted by molar-refractivity contribution is 0.595. The van der Waals surface area contributed by atoms with Crippen molar-refractivity contribution in [2.24, 2.45) is 0 Å². The van der Waals surface area contributed by atoms with Gasteiger partial charge in [-0.15, -0.1) is 0 Å². The second-order valence-electron chi connectivity index (χ2n) is 2.86. The van der Waals surface area contributed by atoms with Crippen LogP contribution >= 0.6 is 11.8 Å². The maximum Gasteiger partial charge on any atom is 0.00772 e. The summed E-state index contributed by atoms with van der Waals surface area (Å²) in [6.07, 6.45) is 0. The van der Waals surface area contributed by atoms with Gasteiger partial charge in [0, 0.05) is 50.8 Å². The fraction of sp³-hybridized carbons (Fsp3) is 1.00. The minimum Gasteiger partial charge on any atom is -0.315 e. The van der Waals surface area contributed by atoms with Gasteiger partial charge >= 0.3 is 0 Å². The van der Waals surface area contributed by atoms with Crippen LogP contribution in [-0.2, 0) is 0 Å². The Morgan fingerprint density at radius 1 is 0.583 bits per heavy atom. The SMILES string of the molecule is C1CNCCSCCNCCN1. The van der Waals surface area contributed by atoms with Crippen molar-refractivity contribution in [2.45, 2.75) is 0 Å². The molecule has 0 aromatic carbocycles. The molecule has 3 N–H and O–H groups in total. The minimum atomic E-state index is 1.09. The van der Waals surface area contributed by atoms with Gasteiger partial charge in [0.15, 0.2) is 0 Å². The summed E-state index contributed by atoms with van der Waals surface area (Å²) in [5.41, 5.74) is 0. The number of rotatable bonds is 0. The van der Waals surface area contributed by atoms with Crippen molar-refractivity contribution < 1.29 is 0 Å². The molecule has 1 saturated heterocycles. The van der Waals surface area contributed by atoms with Crippen LogP contribution in [0.3, 0.4) is 0 Å². The normalized spacial score (nSPS) is 24.0. The van der Waals surface area contributed by atoms with Crippen LogP contribution in [0.25, 0.3) is 0 Å². The molecule has 3 nitrogen and oxygen atoms in total. The summed E-state index contributed by atoms with van der Waals surface area (Å²) >= 11 is 2.02. The smallest absolute Gasteiger partial charge is 0.00772 e. The maximum absolute atomic E-state index is 3.40. The first-order valence-electron chi connectivity index (χ1n) is 4.70. The highest BCUT2D eigenvalue weighted by molar-refractivity contribution is 7.99. The van der Waals surface area contributed by atoms with E-state index in [0.29, 0.717) is 0 Å². The lowest BCUT2D eigenvalue weighted by Gasteiger charge is -2.09. The highest BCUT2D eigenvalue weighted by Gasteiger charge is 1.93. The quantitative estimate of drug-likeness (QED) is 0.480. The number of nitrogens with one attached hydrogen (secondary N) is 3. The molecule has 1 heterocycles. The summed E-state index contributed by atoms with van der Waals surface area (Å²) in [4.78, 5) is 0. The zero-order chi connectivity index (χ0) is 8.49. The Hall–Kier alpha value is 0.230. The van der Waals surface area contributed by atoms with Crippen molar-refractivity contribution in [1.29, 1.82) is 0 Å². The molecule has 1 rings (SSSR count). The Labute approximate surface area is 79.1 Å². The largest absolute Gasteiger partial charge is 0.315 e. The topological polar surface area (TPSA) is 36.1 Å². The second kappa shape index (κ2) is 7.86. The molecule has 0 radical (unpaired) electrons. The van der Waals surface area contributed by atoms with E-state index in [1.165, 1.54) is 11.5 Å². The van der Waals surface area contributed by atoms with Crippen molar-refractivity contribution in [3.8, 4) is 0 Å². The third-order valence-electron chi connectivity index (χ3n) is 1.80. The molecule has 0 amide bonds. The lowest BCUT2D eigenvalue weighted by atomic mass is 10.5. The van der Waals surface area contributed by atoms with Crippen LogP contribution in [0.15, 0.2) is 0 Å². The highest BCUT2D eigenvalue weighted by Crippen LogP contribution is 1.95. The first-order valence-corrected chi connectivity index (χ1v) is 5.85. The zero-order valence-corrected chi connectivity index (χ0v) is 8.38. The molecule has 1 aliphatic rings. The van der Waals surface area contributed by atoms with Crippen molar-refractivity contribution in [1.82, 2.24) is 16.0 Å². The molecule has 1 aliphatic heterocycles. The first kappa shape index (κ1) is 10.3. The fourth-order valence-electron chi connectivity index (χ4n) is 1.12. The van der Waals surface area contributed by atoms with Crippen LogP contribution in [0.1, 0.15) is 0 Å². The van der Waals surface area contributed by atoms with E-state index in [1.807, 2.05) is 11.8 Å². The van der Waals surface area contributed by atoms with Crippen LogP contribution < -0.4 is 16.0 Å². The zero-order valence-electron chi connectivity index (χ0n) is 7.57. The number of thioether (sulfide) groups is 1. The van der Waals surface area contributed by atoms with Gasteiger partial charge in [0.1, 0.15) is 0 Å². The Kier molecular flexibility index (Phi) is 6.75. The monoisotopic (exact) mass is 189 g/mol. The van der Waals surface area contributed by atoms with Crippen LogP contribution in [0, 0.1) is 0 Å². The highest BCUT2D eigenvalue weighted by atomic mass is 32.2.